The number of rotatable bonds is 9. The van der Waals surface area contributed by atoms with E-state index in [-0.39, 0.29) is 6.10 Å². The second-order valence-corrected chi connectivity index (χ2v) is 8.25. The van der Waals surface area contributed by atoms with Crippen LogP contribution in [0.3, 0.4) is 0 Å². The molecule has 0 unspecified atom stereocenters. The van der Waals surface area contributed by atoms with Crippen molar-refractivity contribution in [3.8, 4) is 5.75 Å². The highest BCUT2D eigenvalue weighted by Crippen LogP contribution is 2.31. The highest BCUT2D eigenvalue weighted by Gasteiger charge is 2.15. The van der Waals surface area contributed by atoms with Crippen LogP contribution in [0.25, 0.3) is 5.57 Å². The molecule has 0 atom stereocenters. The quantitative estimate of drug-likeness (QED) is 0.475. The van der Waals surface area contributed by atoms with Crippen molar-refractivity contribution < 1.29 is 9.47 Å². The Kier molecular flexibility index (Phi) is 8.70. The summed E-state index contributed by atoms with van der Waals surface area (Å²) in [6.45, 7) is 6.36. The molecule has 0 amide bonds. The summed E-state index contributed by atoms with van der Waals surface area (Å²) in [6.07, 6.45) is 6.88. The standard InChI is InChI=1S/C23H31ClN6O2/c1-15(2)32-21-10-18(4-5-19(21)17(11-25)13-26-3)29-23-28-14-20(24)22(30-23)27-12-16-6-8-31-9-7-16/h4-5,10-11,13-16H,6-9,12,25H2,1-3H3,(H2,27,28,29,30). The molecule has 4 N–H and O–H groups in total. The molecular weight excluding hydrogens is 428 g/mol. The lowest BCUT2D eigenvalue weighted by molar-refractivity contribution is 0.0699. The van der Waals surface area contributed by atoms with Crippen molar-refractivity contribution in [3.05, 3.63) is 41.2 Å². The van der Waals surface area contributed by atoms with Gasteiger partial charge in [-0.3, -0.25) is 4.99 Å². The molecule has 2 heterocycles. The number of aliphatic imine (C=N–C) groups is 1. The topological polar surface area (TPSA) is 107 Å². The number of nitrogens with two attached hydrogens (primary N) is 1. The number of aromatic nitrogens is 2. The van der Waals surface area contributed by atoms with Crippen LogP contribution in [0.5, 0.6) is 5.75 Å². The third-order valence-corrected chi connectivity index (χ3v) is 5.28. The van der Waals surface area contributed by atoms with Crippen LogP contribution in [-0.4, -0.2) is 49.1 Å². The lowest BCUT2D eigenvalue weighted by Crippen LogP contribution is -2.23. The van der Waals surface area contributed by atoms with Gasteiger partial charge in [0.1, 0.15) is 10.8 Å². The molecule has 0 aliphatic carbocycles. The number of halogens is 1. The number of nitrogens with zero attached hydrogens (tertiary/aromatic N) is 3. The van der Waals surface area contributed by atoms with Crippen molar-refractivity contribution in [2.75, 3.05) is 37.4 Å². The predicted octanol–water partition coefficient (Wildman–Crippen LogP) is 4.50. The number of hydrogen-bond acceptors (Lipinski definition) is 8. The fraction of sp³-hybridized carbons (Fsp3) is 0.435. The first-order valence-electron chi connectivity index (χ1n) is 10.8. The zero-order valence-electron chi connectivity index (χ0n) is 18.8. The molecule has 0 saturated carbocycles. The number of hydrogen-bond donors (Lipinski definition) is 3. The van der Waals surface area contributed by atoms with E-state index in [4.69, 9.17) is 26.8 Å². The lowest BCUT2D eigenvalue weighted by atomic mass is 10.0. The Morgan fingerprint density at radius 2 is 2.16 bits per heavy atom. The summed E-state index contributed by atoms with van der Waals surface area (Å²) >= 11 is 6.31. The molecule has 1 aliphatic rings. The summed E-state index contributed by atoms with van der Waals surface area (Å²) < 4.78 is 11.4. The van der Waals surface area contributed by atoms with E-state index in [0.29, 0.717) is 28.5 Å². The van der Waals surface area contributed by atoms with Crippen LogP contribution in [0.4, 0.5) is 17.5 Å². The van der Waals surface area contributed by atoms with Gasteiger partial charge < -0.3 is 25.8 Å². The zero-order valence-corrected chi connectivity index (χ0v) is 19.5. The third-order valence-electron chi connectivity index (χ3n) is 5.00. The summed E-state index contributed by atoms with van der Waals surface area (Å²) in [5.41, 5.74) is 8.21. The molecule has 0 radical (unpaired) electrons. The van der Waals surface area contributed by atoms with Gasteiger partial charge in [0.25, 0.3) is 0 Å². The van der Waals surface area contributed by atoms with Crippen LogP contribution in [0.15, 0.2) is 35.6 Å². The summed E-state index contributed by atoms with van der Waals surface area (Å²) in [7, 11) is 1.70. The first-order chi connectivity index (χ1) is 15.5. The van der Waals surface area contributed by atoms with Crippen molar-refractivity contribution in [1.29, 1.82) is 0 Å². The van der Waals surface area contributed by atoms with Gasteiger partial charge in [-0.15, -0.1) is 0 Å². The zero-order chi connectivity index (χ0) is 22.9. The number of nitrogens with one attached hydrogen (secondary N) is 2. The Balaban J connectivity index is 1.78. The van der Waals surface area contributed by atoms with Crippen LogP contribution in [0, 0.1) is 5.92 Å². The molecule has 1 aromatic heterocycles. The summed E-state index contributed by atoms with van der Waals surface area (Å²) in [5, 5.41) is 7.07. The van der Waals surface area contributed by atoms with Crippen LogP contribution >= 0.6 is 11.6 Å². The van der Waals surface area contributed by atoms with E-state index in [1.54, 1.807) is 19.5 Å². The molecule has 1 saturated heterocycles. The molecule has 9 heteroatoms. The summed E-state index contributed by atoms with van der Waals surface area (Å²) in [5.74, 6) is 2.29. The van der Waals surface area contributed by atoms with E-state index >= 15 is 0 Å². The molecule has 0 spiro atoms. The molecule has 32 heavy (non-hydrogen) atoms. The third kappa shape index (κ3) is 6.58. The molecule has 1 aliphatic heterocycles. The van der Waals surface area contributed by atoms with Gasteiger partial charge in [0.05, 0.1) is 12.3 Å². The molecule has 8 nitrogen and oxygen atoms in total. The average molecular weight is 459 g/mol. The number of ether oxygens (including phenoxy) is 2. The van der Waals surface area contributed by atoms with Crippen molar-refractivity contribution in [2.24, 2.45) is 16.6 Å². The Hall–Kier alpha value is -2.84. The molecular formula is C23H31ClN6O2. The first-order valence-corrected chi connectivity index (χ1v) is 11.1. The van der Waals surface area contributed by atoms with Gasteiger partial charge in [-0.1, -0.05) is 11.6 Å². The normalized spacial score (nSPS) is 15.3. The maximum atomic E-state index is 6.31. The van der Waals surface area contributed by atoms with E-state index < -0.39 is 0 Å². The molecule has 1 fully saturated rings. The van der Waals surface area contributed by atoms with Gasteiger partial charge >= 0.3 is 0 Å². The van der Waals surface area contributed by atoms with Gasteiger partial charge in [0, 0.05) is 62.1 Å². The fourth-order valence-electron chi connectivity index (χ4n) is 3.40. The van der Waals surface area contributed by atoms with Crippen molar-refractivity contribution in [2.45, 2.75) is 32.8 Å². The number of anilines is 3. The van der Waals surface area contributed by atoms with Gasteiger partial charge in [0.2, 0.25) is 5.95 Å². The largest absolute Gasteiger partial charge is 0.490 e. The Morgan fingerprint density at radius 1 is 1.38 bits per heavy atom. The highest BCUT2D eigenvalue weighted by atomic mass is 35.5. The van der Waals surface area contributed by atoms with E-state index in [9.17, 15) is 0 Å². The number of allylic oxidation sites excluding steroid dienone is 1. The van der Waals surface area contributed by atoms with Crippen LogP contribution < -0.4 is 21.1 Å². The minimum Gasteiger partial charge on any atom is -0.490 e. The van der Waals surface area contributed by atoms with Crippen molar-refractivity contribution >= 4 is 40.8 Å². The molecule has 1 aromatic carbocycles. The van der Waals surface area contributed by atoms with Crippen molar-refractivity contribution in [1.82, 2.24) is 9.97 Å². The second-order valence-electron chi connectivity index (χ2n) is 7.84. The predicted molar refractivity (Wildman–Crippen MR) is 131 cm³/mol. The minimum atomic E-state index is -0.00522. The van der Waals surface area contributed by atoms with E-state index in [1.807, 2.05) is 32.0 Å². The Morgan fingerprint density at radius 3 is 2.84 bits per heavy atom. The molecule has 172 valence electrons. The van der Waals surface area contributed by atoms with Crippen LogP contribution in [0.2, 0.25) is 5.02 Å². The Bertz CT molecular complexity index is 957. The van der Waals surface area contributed by atoms with E-state index in [0.717, 1.165) is 49.4 Å². The van der Waals surface area contributed by atoms with Crippen molar-refractivity contribution in [3.63, 3.8) is 0 Å². The SMILES string of the molecule is CN=CC(=CN)c1ccc(Nc2ncc(Cl)c(NCC3CCOCC3)n2)cc1OC(C)C. The summed E-state index contributed by atoms with van der Waals surface area (Å²) in [6, 6.07) is 5.75. The van der Waals surface area contributed by atoms with Gasteiger partial charge in [-0.2, -0.15) is 4.98 Å². The summed E-state index contributed by atoms with van der Waals surface area (Å²) in [4.78, 5) is 12.9. The Labute approximate surface area is 194 Å². The lowest BCUT2D eigenvalue weighted by Gasteiger charge is -2.22. The second kappa shape index (κ2) is 11.7. The average Bonchev–Trinajstić information content (AvgIpc) is 2.78. The van der Waals surface area contributed by atoms with Gasteiger partial charge in [-0.05, 0) is 44.7 Å². The van der Waals surface area contributed by atoms with Gasteiger partial charge in [0.15, 0.2) is 5.82 Å². The highest BCUT2D eigenvalue weighted by molar-refractivity contribution is 6.32. The fourth-order valence-corrected chi connectivity index (χ4v) is 3.56. The van der Waals surface area contributed by atoms with Crippen LogP contribution in [-0.2, 0) is 4.74 Å². The molecule has 2 aromatic rings. The monoisotopic (exact) mass is 458 g/mol. The molecule has 3 rings (SSSR count). The van der Waals surface area contributed by atoms with Gasteiger partial charge in [-0.25, -0.2) is 4.98 Å². The maximum absolute atomic E-state index is 6.31. The molecule has 0 bridgehead atoms. The minimum absolute atomic E-state index is 0.00522. The van der Waals surface area contributed by atoms with E-state index in [2.05, 4.69) is 25.6 Å². The van der Waals surface area contributed by atoms with Crippen LogP contribution in [0.1, 0.15) is 32.3 Å². The van der Waals surface area contributed by atoms with E-state index in [1.165, 1.54) is 6.20 Å². The first kappa shape index (κ1) is 23.8. The maximum Gasteiger partial charge on any atom is 0.229 e. The number of benzene rings is 1. The smallest absolute Gasteiger partial charge is 0.229 e.